The fourth-order valence-corrected chi connectivity index (χ4v) is 3.37. The van der Waals surface area contributed by atoms with E-state index in [0.29, 0.717) is 11.6 Å². The van der Waals surface area contributed by atoms with E-state index in [1.165, 1.54) is 4.57 Å². The zero-order chi connectivity index (χ0) is 16.9. The summed E-state index contributed by atoms with van der Waals surface area (Å²) in [5.41, 5.74) is 7.40. The number of imide groups is 1. The van der Waals surface area contributed by atoms with E-state index in [0.717, 1.165) is 15.2 Å². The highest BCUT2D eigenvalue weighted by Crippen LogP contribution is 2.27. The zero-order valence-corrected chi connectivity index (χ0v) is 14.7. The Morgan fingerprint density at radius 3 is 2.43 bits per heavy atom. The van der Waals surface area contributed by atoms with Gasteiger partial charge < -0.3 is 5.73 Å². The second-order valence-corrected chi connectivity index (χ2v) is 6.80. The number of nitrogen functional groups attached to an aromatic ring is 1. The summed E-state index contributed by atoms with van der Waals surface area (Å²) in [6.45, 7) is 4.16. The van der Waals surface area contributed by atoms with E-state index >= 15 is 0 Å². The monoisotopic (exact) mass is 423 g/mol. The number of nitrogens with zero attached hydrogens (tertiary/aromatic N) is 1. The third-order valence-electron chi connectivity index (χ3n) is 3.83. The number of aromatic nitrogens is 1. The molecule has 2 heterocycles. The van der Waals surface area contributed by atoms with Crippen LogP contribution in [0.5, 0.6) is 0 Å². The molecule has 0 fully saturated rings. The number of carbonyl (C=O) groups is 2. The highest BCUT2D eigenvalue weighted by Gasteiger charge is 2.32. The molecular weight excluding hydrogens is 409 g/mol. The lowest BCUT2D eigenvalue weighted by Crippen LogP contribution is -2.24. The van der Waals surface area contributed by atoms with Crippen LogP contribution >= 0.6 is 22.6 Å². The van der Waals surface area contributed by atoms with Crippen molar-refractivity contribution in [1.29, 1.82) is 0 Å². The summed E-state index contributed by atoms with van der Waals surface area (Å²) in [5, 5.41) is 2.16. The molecule has 118 valence electrons. The Kier molecular flexibility index (Phi) is 3.75. The summed E-state index contributed by atoms with van der Waals surface area (Å²) >= 11 is 2.13. The largest absolute Gasteiger partial charge is 0.384 e. The van der Waals surface area contributed by atoms with Crippen LogP contribution in [0.3, 0.4) is 0 Å². The number of halogens is 1. The first-order valence-electron chi connectivity index (χ1n) is 7.02. The molecule has 1 aliphatic heterocycles. The molecule has 1 aliphatic rings. The van der Waals surface area contributed by atoms with E-state index in [2.05, 4.69) is 41.8 Å². The number of fused-ring (bicyclic) bond motifs is 1. The molecule has 23 heavy (non-hydrogen) atoms. The normalized spacial score (nSPS) is 13.4. The Morgan fingerprint density at radius 2 is 1.83 bits per heavy atom. The van der Waals surface area contributed by atoms with E-state index in [1.807, 2.05) is 12.1 Å². The van der Waals surface area contributed by atoms with Crippen LogP contribution in [0.2, 0.25) is 0 Å². The average molecular weight is 423 g/mol. The Labute approximate surface area is 145 Å². The van der Waals surface area contributed by atoms with Gasteiger partial charge in [0.1, 0.15) is 5.82 Å². The fourth-order valence-electron chi connectivity index (χ4n) is 2.59. The van der Waals surface area contributed by atoms with E-state index in [-0.39, 0.29) is 16.9 Å². The minimum absolute atomic E-state index is 0.0222. The smallest absolute Gasteiger partial charge is 0.262 e. The summed E-state index contributed by atoms with van der Waals surface area (Å²) in [4.78, 5) is 36.0. The first-order chi connectivity index (χ1) is 10.8. The maximum absolute atomic E-state index is 12.4. The number of benzene rings is 1. The first kappa shape index (κ1) is 15.7. The minimum atomic E-state index is -0.592. The van der Waals surface area contributed by atoms with E-state index < -0.39 is 17.4 Å². The standard InChI is InChI=1S/C16H14IN3O3/c1-7(2)8-3-4-11(10(17)5-8)20-12(21)6-9-13(14(20)18)16(23)19-15(9)22/h3-7H,18H2,1-2H3,(H,19,22,23). The average Bonchev–Trinajstić information content (AvgIpc) is 2.75. The summed E-state index contributed by atoms with van der Waals surface area (Å²) < 4.78 is 2.11. The maximum Gasteiger partial charge on any atom is 0.262 e. The lowest BCUT2D eigenvalue weighted by atomic mass is 10.0. The molecule has 0 spiro atoms. The Hall–Kier alpha value is -2.16. The molecular formula is C16H14IN3O3. The van der Waals surface area contributed by atoms with Crippen molar-refractivity contribution >= 4 is 40.2 Å². The third-order valence-corrected chi connectivity index (χ3v) is 4.70. The van der Waals surface area contributed by atoms with E-state index in [4.69, 9.17) is 5.73 Å². The quantitative estimate of drug-likeness (QED) is 0.571. The number of nitrogens with two attached hydrogens (primary N) is 1. The van der Waals surface area contributed by atoms with Crippen molar-refractivity contribution < 1.29 is 9.59 Å². The molecule has 7 heteroatoms. The second-order valence-electron chi connectivity index (χ2n) is 5.64. The van der Waals surface area contributed by atoms with Crippen LogP contribution in [0, 0.1) is 3.57 Å². The molecule has 0 aliphatic carbocycles. The molecule has 1 aromatic carbocycles. The molecule has 0 unspecified atom stereocenters. The SMILES string of the molecule is CC(C)c1ccc(-n2c(N)c3c(cc2=O)C(=O)NC3=O)c(I)c1. The third kappa shape index (κ3) is 2.44. The van der Waals surface area contributed by atoms with Crippen LogP contribution in [0.25, 0.3) is 5.69 Å². The van der Waals surface area contributed by atoms with Gasteiger partial charge in [-0.2, -0.15) is 0 Å². The Morgan fingerprint density at radius 1 is 1.13 bits per heavy atom. The van der Waals surface area contributed by atoms with Crippen LogP contribution in [0.1, 0.15) is 46.0 Å². The van der Waals surface area contributed by atoms with Gasteiger partial charge in [-0.25, -0.2) is 0 Å². The van der Waals surface area contributed by atoms with Crippen LogP contribution in [0.4, 0.5) is 5.82 Å². The summed E-state index contributed by atoms with van der Waals surface area (Å²) in [5.74, 6) is -0.836. The molecule has 0 saturated heterocycles. The minimum Gasteiger partial charge on any atom is -0.384 e. The summed E-state index contributed by atoms with van der Waals surface area (Å²) in [6.07, 6.45) is 0. The first-order valence-corrected chi connectivity index (χ1v) is 8.10. The van der Waals surface area contributed by atoms with Gasteiger partial charge >= 0.3 is 0 Å². The highest BCUT2D eigenvalue weighted by molar-refractivity contribution is 14.1. The van der Waals surface area contributed by atoms with Crippen molar-refractivity contribution in [2.24, 2.45) is 0 Å². The van der Waals surface area contributed by atoms with Crippen molar-refractivity contribution in [3.05, 3.63) is 54.9 Å². The van der Waals surface area contributed by atoms with Crippen LogP contribution < -0.4 is 16.6 Å². The van der Waals surface area contributed by atoms with E-state index in [1.54, 1.807) is 6.07 Å². The molecule has 3 rings (SSSR count). The number of nitrogens with one attached hydrogen (secondary N) is 1. The number of hydrogen-bond acceptors (Lipinski definition) is 4. The van der Waals surface area contributed by atoms with Gasteiger partial charge in [-0.1, -0.05) is 19.9 Å². The molecule has 2 amide bonds. The van der Waals surface area contributed by atoms with Crippen LogP contribution in [-0.4, -0.2) is 16.4 Å². The van der Waals surface area contributed by atoms with Crippen molar-refractivity contribution in [2.45, 2.75) is 19.8 Å². The molecule has 3 N–H and O–H groups in total. The maximum atomic E-state index is 12.4. The van der Waals surface area contributed by atoms with Crippen molar-refractivity contribution in [1.82, 2.24) is 9.88 Å². The highest BCUT2D eigenvalue weighted by atomic mass is 127. The number of hydrogen-bond donors (Lipinski definition) is 2. The molecule has 0 saturated carbocycles. The molecule has 1 aromatic heterocycles. The number of rotatable bonds is 2. The molecule has 0 bridgehead atoms. The van der Waals surface area contributed by atoms with Gasteiger partial charge in [0, 0.05) is 9.64 Å². The van der Waals surface area contributed by atoms with Gasteiger partial charge in [0.15, 0.2) is 0 Å². The number of pyridine rings is 1. The van der Waals surface area contributed by atoms with Gasteiger partial charge in [-0.15, -0.1) is 0 Å². The summed E-state index contributed by atoms with van der Waals surface area (Å²) in [7, 11) is 0. The van der Waals surface area contributed by atoms with Gasteiger partial charge in [0.2, 0.25) is 0 Å². The lowest BCUT2D eigenvalue weighted by Gasteiger charge is -2.15. The van der Waals surface area contributed by atoms with Crippen molar-refractivity contribution in [3.8, 4) is 5.69 Å². The summed E-state index contributed by atoms with van der Waals surface area (Å²) in [6, 6.07) is 6.85. The van der Waals surface area contributed by atoms with Gasteiger partial charge in [-0.3, -0.25) is 24.3 Å². The molecule has 2 aromatic rings. The Balaban J connectivity index is 2.27. The Bertz CT molecular complexity index is 916. The lowest BCUT2D eigenvalue weighted by molar-refractivity contribution is 0.0880. The van der Waals surface area contributed by atoms with Gasteiger partial charge in [-0.05, 0) is 46.2 Å². The predicted octanol–water partition coefficient (Wildman–Crippen LogP) is 2.03. The number of anilines is 1. The molecule has 6 nitrogen and oxygen atoms in total. The second kappa shape index (κ2) is 5.48. The van der Waals surface area contributed by atoms with Crippen molar-refractivity contribution in [2.75, 3.05) is 5.73 Å². The van der Waals surface area contributed by atoms with Crippen molar-refractivity contribution in [3.63, 3.8) is 0 Å². The zero-order valence-electron chi connectivity index (χ0n) is 12.5. The topological polar surface area (TPSA) is 94.2 Å². The van der Waals surface area contributed by atoms with Crippen LogP contribution in [0.15, 0.2) is 29.1 Å². The number of amides is 2. The fraction of sp³-hybridized carbons (Fsp3) is 0.188. The number of carbonyl (C=O) groups excluding carboxylic acids is 2. The molecule has 0 atom stereocenters. The van der Waals surface area contributed by atoms with Gasteiger partial charge in [0.25, 0.3) is 17.4 Å². The molecule has 0 radical (unpaired) electrons. The van der Waals surface area contributed by atoms with Gasteiger partial charge in [0.05, 0.1) is 16.8 Å². The predicted molar refractivity (Wildman–Crippen MR) is 95.1 cm³/mol. The van der Waals surface area contributed by atoms with E-state index in [9.17, 15) is 14.4 Å². The van der Waals surface area contributed by atoms with Crippen LogP contribution in [-0.2, 0) is 0 Å².